The van der Waals surface area contributed by atoms with E-state index in [1.54, 1.807) is 7.05 Å². The zero-order valence-electron chi connectivity index (χ0n) is 17.1. The summed E-state index contributed by atoms with van der Waals surface area (Å²) in [5.41, 5.74) is -0.609. The monoisotopic (exact) mass is 525 g/mol. The van der Waals surface area contributed by atoms with E-state index in [9.17, 15) is 9.90 Å². The second-order valence-corrected chi connectivity index (χ2v) is 9.09. The van der Waals surface area contributed by atoms with E-state index >= 15 is 0 Å². The highest BCUT2D eigenvalue weighted by molar-refractivity contribution is 14.0. The van der Waals surface area contributed by atoms with Crippen molar-refractivity contribution in [1.29, 1.82) is 0 Å². The van der Waals surface area contributed by atoms with Crippen LogP contribution in [0.25, 0.3) is 0 Å². The Morgan fingerprint density at radius 2 is 1.75 bits per heavy atom. The van der Waals surface area contributed by atoms with E-state index in [0.717, 1.165) is 76.0 Å². The van der Waals surface area contributed by atoms with Gasteiger partial charge in [-0.15, -0.1) is 24.0 Å². The van der Waals surface area contributed by atoms with Crippen molar-refractivity contribution in [3.05, 3.63) is 0 Å². The van der Waals surface area contributed by atoms with Crippen LogP contribution in [0.15, 0.2) is 4.99 Å². The molecule has 0 aromatic rings. The maximum atomic E-state index is 12.6. The number of likely N-dealkylation sites (tertiary alicyclic amines) is 1. The number of carbonyl (C=O) groups excluding carboxylic acids is 1. The van der Waals surface area contributed by atoms with E-state index in [1.807, 2.05) is 11.8 Å². The van der Waals surface area contributed by atoms with E-state index < -0.39 is 5.60 Å². The first-order valence-electron chi connectivity index (χ1n) is 10.4. The van der Waals surface area contributed by atoms with E-state index in [2.05, 4.69) is 25.0 Å². The lowest BCUT2D eigenvalue weighted by Gasteiger charge is -2.37. The Hall–Kier alpha value is -0.260. The maximum Gasteiger partial charge on any atom is 0.236 e. The first-order chi connectivity index (χ1) is 13.1. The van der Waals surface area contributed by atoms with Crippen LogP contribution in [0.4, 0.5) is 0 Å². The summed E-state index contributed by atoms with van der Waals surface area (Å²) in [6.07, 6.45) is 5.64. The molecular weight excluding hydrogens is 489 g/mol. The van der Waals surface area contributed by atoms with Crippen molar-refractivity contribution in [3.63, 3.8) is 0 Å². The molecule has 2 N–H and O–H groups in total. The molecule has 0 aromatic carbocycles. The van der Waals surface area contributed by atoms with Crippen LogP contribution in [0.3, 0.4) is 0 Å². The van der Waals surface area contributed by atoms with E-state index in [1.165, 1.54) is 12.8 Å². The van der Waals surface area contributed by atoms with Gasteiger partial charge in [-0.25, -0.2) is 0 Å². The molecule has 3 aliphatic rings. The summed E-state index contributed by atoms with van der Waals surface area (Å²) < 4.78 is 0. The number of piperazine rings is 1. The minimum atomic E-state index is -0.609. The van der Waals surface area contributed by atoms with Gasteiger partial charge in [0, 0.05) is 58.6 Å². The molecule has 9 heteroatoms. The Morgan fingerprint density at radius 3 is 2.32 bits per heavy atom. The lowest BCUT2D eigenvalue weighted by molar-refractivity contribution is -0.132. The van der Waals surface area contributed by atoms with Crippen LogP contribution in [0, 0.1) is 0 Å². The van der Waals surface area contributed by atoms with Crippen LogP contribution in [-0.4, -0.2) is 108 Å². The molecule has 28 heavy (non-hydrogen) atoms. The van der Waals surface area contributed by atoms with Crippen molar-refractivity contribution in [2.45, 2.75) is 37.7 Å². The number of aliphatic imine (C=N–C) groups is 1. The molecule has 7 nitrogen and oxygen atoms in total. The molecule has 162 valence electrons. The fourth-order valence-electron chi connectivity index (χ4n) is 4.04. The smallest absolute Gasteiger partial charge is 0.236 e. The molecule has 1 amide bonds. The molecule has 1 atom stereocenters. The van der Waals surface area contributed by atoms with Crippen molar-refractivity contribution < 1.29 is 9.90 Å². The second kappa shape index (κ2) is 11.8. The van der Waals surface area contributed by atoms with Crippen LogP contribution in [-0.2, 0) is 4.79 Å². The number of nitrogens with zero attached hydrogens (tertiary/aromatic N) is 4. The molecule has 3 aliphatic heterocycles. The molecule has 0 spiro atoms. The maximum absolute atomic E-state index is 12.6. The van der Waals surface area contributed by atoms with Crippen molar-refractivity contribution in [2.75, 3.05) is 70.9 Å². The molecule has 0 radical (unpaired) electrons. The minimum Gasteiger partial charge on any atom is -0.387 e. The van der Waals surface area contributed by atoms with Crippen LogP contribution >= 0.6 is 35.7 Å². The number of aliphatic hydroxyl groups is 1. The van der Waals surface area contributed by atoms with E-state index in [4.69, 9.17) is 0 Å². The molecule has 0 aromatic heterocycles. The normalized spacial score (nSPS) is 27.3. The van der Waals surface area contributed by atoms with Crippen LogP contribution in [0.1, 0.15) is 32.1 Å². The van der Waals surface area contributed by atoms with Crippen LogP contribution in [0.2, 0.25) is 0 Å². The van der Waals surface area contributed by atoms with Gasteiger partial charge in [0.05, 0.1) is 12.1 Å². The Bertz CT molecular complexity index is 514. The average Bonchev–Trinajstić information content (AvgIpc) is 2.94. The molecule has 1 unspecified atom stereocenters. The minimum absolute atomic E-state index is 0. The van der Waals surface area contributed by atoms with Gasteiger partial charge in [0.25, 0.3) is 0 Å². The Balaban J connectivity index is 0.00000280. The lowest BCUT2D eigenvalue weighted by Crippen LogP contribution is -2.56. The van der Waals surface area contributed by atoms with Gasteiger partial charge < -0.3 is 20.2 Å². The fourth-order valence-corrected chi connectivity index (χ4v) is 5.34. The molecule has 0 bridgehead atoms. The van der Waals surface area contributed by atoms with E-state index in [-0.39, 0.29) is 29.9 Å². The van der Waals surface area contributed by atoms with Gasteiger partial charge in [0.15, 0.2) is 5.96 Å². The number of hydrogen-bond donors (Lipinski definition) is 2. The van der Waals surface area contributed by atoms with Gasteiger partial charge in [-0.05, 0) is 25.0 Å². The summed E-state index contributed by atoms with van der Waals surface area (Å²) in [6, 6.07) is 0. The molecular formula is C19H36IN5O2S. The van der Waals surface area contributed by atoms with Crippen LogP contribution < -0.4 is 5.32 Å². The number of hydrogen-bond acceptors (Lipinski definition) is 5. The summed E-state index contributed by atoms with van der Waals surface area (Å²) >= 11 is 1.81. The zero-order chi connectivity index (χ0) is 19.1. The largest absolute Gasteiger partial charge is 0.387 e. The van der Waals surface area contributed by atoms with Gasteiger partial charge in [0.1, 0.15) is 0 Å². The molecule has 0 saturated carbocycles. The highest BCUT2D eigenvalue weighted by Gasteiger charge is 2.32. The zero-order valence-corrected chi connectivity index (χ0v) is 20.2. The summed E-state index contributed by atoms with van der Waals surface area (Å²) in [7, 11) is 1.80. The highest BCUT2D eigenvalue weighted by atomic mass is 127. The number of guanidine groups is 1. The summed E-state index contributed by atoms with van der Waals surface area (Å²) in [4.78, 5) is 23.5. The predicted molar refractivity (Wildman–Crippen MR) is 127 cm³/mol. The first-order valence-corrected chi connectivity index (χ1v) is 11.5. The van der Waals surface area contributed by atoms with Crippen molar-refractivity contribution in [3.8, 4) is 0 Å². The number of amides is 1. The fraction of sp³-hybridized carbons (Fsp3) is 0.895. The quantitative estimate of drug-likeness (QED) is 0.325. The van der Waals surface area contributed by atoms with Crippen molar-refractivity contribution >= 4 is 47.6 Å². The number of thioether (sulfide) groups is 1. The van der Waals surface area contributed by atoms with Gasteiger partial charge in [-0.2, -0.15) is 11.8 Å². The molecule has 0 aliphatic carbocycles. The number of rotatable bonds is 4. The van der Waals surface area contributed by atoms with Crippen molar-refractivity contribution in [2.24, 2.45) is 4.99 Å². The van der Waals surface area contributed by atoms with Gasteiger partial charge in [-0.3, -0.25) is 14.7 Å². The number of halogens is 1. The number of nitrogens with one attached hydrogen (secondary N) is 1. The SMILES string of the molecule is CN=C(NCC1(O)CCSC1)N1CCN(CC(=O)N2CCCCCC2)CC1.I. The van der Waals surface area contributed by atoms with Crippen LogP contribution in [0.5, 0.6) is 0 Å². The molecule has 3 fully saturated rings. The average molecular weight is 526 g/mol. The number of carbonyl (C=O) groups is 1. The third-order valence-electron chi connectivity index (χ3n) is 5.86. The van der Waals surface area contributed by atoms with Gasteiger partial charge in [-0.1, -0.05) is 12.8 Å². The standard InChI is InChI=1S/C19H35N5O2S.HI/c1-20-18(21-15-19(26)6-13-27-16-19)24-11-9-22(10-12-24)14-17(25)23-7-4-2-3-5-8-23;/h26H,2-16H2,1H3,(H,20,21);1H. The third-order valence-corrected chi connectivity index (χ3v) is 7.09. The predicted octanol–water partition coefficient (Wildman–Crippen LogP) is 1.07. The summed E-state index contributed by atoms with van der Waals surface area (Å²) in [6.45, 7) is 6.42. The molecule has 3 heterocycles. The first kappa shape index (κ1) is 24.0. The van der Waals surface area contributed by atoms with E-state index in [0.29, 0.717) is 13.1 Å². The molecule has 3 rings (SSSR count). The second-order valence-electron chi connectivity index (χ2n) is 7.99. The Kier molecular flexibility index (Phi) is 10.1. The Morgan fingerprint density at radius 1 is 1.07 bits per heavy atom. The Labute approximate surface area is 190 Å². The van der Waals surface area contributed by atoms with Gasteiger partial charge >= 0.3 is 0 Å². The topological polar surface area (TPSA) is 71.4 Å². The third kappa shape index (κ3) is 6.91. The lowest BCUT2D eigenvalue weighted by atomic mass is 10.0. The summed E-state index contributed by atoms with van der Waals surface area (Å²) in [5, 5.41) is 13.9. The van der Waals surface area contributed by atoms with Crippen molar-refractivity contribution in [1.82, 2.24) is 20.0 Å². The summed E-state index contributed by atoms with van der Waals surface area (Å²) in [5.74, 6) is 2.97. The molecule has 3 saturated heterocycles. The highest BCUT2D eigenvalue weighted by Crippen LogP contribution is 2.27. The van der Waals surface area contributed by atoms with Gasteiger partial charge in [0.2, 0.25) is 5.91 Å².